The van der Waals surface area contributed by atoms with Crippen LogP contribution in [0.25, 0.3) is 11.1 Å². The summed E-state index contributed by atoms with van der Waals surface area (Å²) in [6.45, 7) is -0.247. The number of nitrogens with zero attached hydrogens (tertiary/aromatic N) is 2. The molecule has 0 bridgehead atoms. The van der Waals surface area contributed by atoms with Crippen molar-refractivity contribution in [3.8, 4) is 16.9 Å². The van der Waals surface area contributed by atoms with E-state index in [1.807, 2.05) is 0 Å². The fraction of sp³-hybridized carbons (Fsp3) is 0.308. The normalized spacial score (nSPS) is 11.6. The highest BCUT2D eigenvalue weighted by molar-refractivity contribution is 5.63. The van der Waals surface area contributed by atoms with Crippen molar-refractivity contribution in [2.75, 3.05) is 13.2 Å². The van der Waals surface area contributed by atoms with Crippen LogP contribution < -0.4 is 10.5 Å². The van der Waals surface area contributed by atoms with Crippen LogP contribution in [0.5, 0.6) is 5.75 Å². The largest absolute Gasteiger partial charge is 0.484 e. The van der Waals surface area contributed by atoms with Gasteiger partial charge in [-0.25, -0.2) is 0 Å². The molecule has 4 nitrogen and oxygen atoms in total. The summed E-state index contributed by atoms with van der Waals surface area (Å²) in [4.78, 5) is 0. The van der Waals surface area contributed by atoms with Crippen molar-refractivity contribution >= 4 is 0 Å². The maximum atomic E-state index is 12.1. The molecule has 0 aliphatic rings. The summed E-state index contributed by atoms with van der Waals surface area (Å²) in [6.07, 6.45) is -0.920. The molecule has 0 amide bonds. The van der Waals surface area contributed by atoms with Crippen LogP contribution >= 0.6 is 0 Å². The number of aromatic nitrogens is 2. The molecule has 0 atom stereocenters. The second kappa shape index (κ2) is 5.96. The van der Waals surface area contributed by atoms with Crippen molar-refractivity contribution in [2.45, 2.75) is 12.7 Å². The Morgan fingerprint density at radius 2 is 2.05 bits per heavy atom. The Balaban J connectivity index is 2.12. The quantitative estimate of drug-likeness (QED) is 0.918. The lowest BCUT2D eigenvalue weighted by atomic mass is 10.1. The molecule has 108 valence electrons. The third-order valence-electron chi connectivity index (χ3n) is 2.56. The molecular weight excluding hydrogens is 271 g/mol. The molecule has 7 heteroatoms. The van der Waals surface area contributed by atoms with E-state index in [2.05, 4.69) is 5.10 Å². The van der Waals surface area contributed by atoms with Gasteiger partial charge in [0.05, 0.1) is 12.7 Å². The van der Waals surface area contributed by atoms with E-state index in [1.54, 1.807) is 35.3 Å². The molecule has 20 heavy (non-hydrogen) atoms. The molecule has 0 saturated carbocycles. The molecular formula is C13H14F3N3O. The van der Waals surface area contributed by atoms with Gasteiger partial charge < -0.3 is 10.5 Å². The number of benzene rings is 1. The first-order valence-corrected chi connectivity index (χ1v) is 6.00. The number of halogens is 3. The summed E-state index contributed by atoms with van der Waals surface area (Å²) in [6, 6.07) is 6.46. The van der Waals surface area contributed by atoms with Crippen LogP contribution in [0.1, 0.15) is 0 Å². The summed E-state index contributed by atoms with van der Waals surface area (Å²) in [7, 11) is 0. The molecule has 2 rings (SSSR count). The van der Waals surface area contributed by atoms with Crippen LogP contribution in [0.4, 0.5) is 13.2 Å². The maximum absolute atomic E-state index is 12.1. The molecule has 0 radical (unpaired) electrons. The Morgan fingerprint density at radius 1 is 1.25 bits per heavy atom. The van der Waals surface area contributed by atoms with Crippen LogP contribution in [0.15, 0.2) is 36.7 Å². The van der Waals surface area contributed by atoms with E-state index in [0.717, 1.165) is 11.1 Å². The van der Waals surface area contributed by atoms with E-state index in [1.165, 1.54) is 6.07 Å². The number of rotatable bonds is 5. The first-order valence-electron chi connectivity index (χ1n) is 6.00. The number of alkyl halides is 3. The molecule has 0 aliphatic heterocycles. The molecule has 2 aromatic rings. The van der Waals surface area contributed by atoms with Gasteiger partial charge in [-0.1, -0.05) is 12.1 Å². The molecule has 0 spiro atoms. The molecule has 1 aromatic heterocycles. The highest BCUT2D eigenvalue weighted by Crippen LogP contribution is 2.25. The molecule has 1 heterocycles. The van der Waals surface area contributed by atoms with Crippen molar-refractivity contribution in [3.63, 3.8) is 0 Å². The number of hydrogen-bond acceptors (Lipinski definition) is 3. The fourth-order valence-corrected chi connectivity index (χ4v) is 1.70. The van der Waals surface area contributed by atoms with Gasteiger partial charge in [0.15, 0.2) is 6.61 Å². The Bertz CT molecular complexity index is 566. The first kappa shape index (κ1) is 14.4. The second-order valence-electron chi connectivity index (χ2n) is 4.21. The first-order chi connectivity index (χ1) is 9.48. The van der Waals surface area contributed by atoms with Crippen LogP contribution in [-0.4, -0.2) is 29.1 Å². The Morgan fingerprint density at radius 3 is 2.75 bits per heavy atom. The predicted molar refractivity (Wildman–Crippen MR) is 68.3 cm³/mol. The Kier molecular flexibility index (Phi) is 4.29. The van der Waals surface area contributed by atoms with Gasteiger partial charge in [0.1, 0.15) is 5.75 Å². The van der Waals surface area contributed by atoms with E-state index < -0.39 is 12.8 Å². The van der Waals surface area contributed by atoms with Gasteiger partial charge in [-0.05, 0) is 17.7 Å². The topological polar surface area (TPSA) is 53.1 Å². The zero-order valence-corrected chi connectivity index (χ0v) is 10.6. The number of nitrogens with two attached hydrogens (primary N) is 1. The number of hydrogen-bond donors (Lipinski definition) is 1. The van der Waals surface area contributed by atoms with Crippen molar-refractivity contribution in [3.05, 3.63) is 36.7 Å². The average Bonchev–Trinajstić information content (AvgIpc) is 2.85. The molecule has 1 aromatic carbocycles. The Hall–Kier alpha value is -2.02. The zero-order valence-electron chi connectivity index (χ0n) is 10.6. The van der Waals surface area contributed by atoms with Crippen molar-refractivity contribution in [1.29, 1.82) is 0 Å². The van der Waals surface area contributed by atoms with Gasteiger partial charge in [-0.3, -0.25) is 4.68 Å². The van der Waals surface area contributed by atoms with E-state index in [9.17, 15) is 13.2 Å². The molecule has 0 unspecified atom stereocenters. The standard InChI is InChI=1S/C13H14F3N3O/c14-13(15,16)9-20-12-3-1-2-10(6-12)11-7-18-19(8-11)5-4-17/h1-3,6-8H,4-5,9,17H2. The zero-order chi connectivity index (χ0) is 14.6. The average molecular weight is 285 g/mol. The van der Waals surface area contributed by atoms with E-state index >= 15 is 0 Å². The van der Waals surface area contributed by atoms with Crippen molar-refractivity contribution in [1.82, 2.24) is 9.78 Å². The summed E-state index contributed by atoms with van der Waals surface area (Å²) < 4.78 is 42.7. The van der Waals surface area contributed by atoms with E-state index in [0.29, 0.717) is 13.1 Å². The third-order valence-corrected chi connectivity index (χ3v) is 2.56. The monoisotopic (exact) mass is 285 g/mol. The van der Waals surface area contributed by atoms with Crippen LogP contribution in [0, 0.1) is 0 Å². The van der Waals surface area contributed by atoms with E-state index in [4.69, 9.17) is 10.5 Å². The van der Waals surface area contributed by atoms with Gasteiger partial charge in [-0.15, -0.1) is 0 Å². The highest BCUT2D eigenvalue weighted by atomic mass is 19.4. The molecule has 0 aliphatic carbocycles. The SMILES string of the molecule is NCCn1cc(-c2cccc(OCC(F)(F)F)c2)cn1. The Labute approximate surface area is 114 Å². The summed E-state index contributed by atoms with van der Waals surface area (Å²) in [5, 5.41) is 4.11. The maximum Gasteiger partial charge on any atom is 0.422 e. The van der Waals surface area contributed by atoms with Crippen molar-refractivity contribution in [2.24, 2.45) is 5.73 Å². The highest BCUT2D eigenvalue weighted by Gasteiger charge is 2.28. The van der Waals surface area contributed by atoms with Crippen molar-refractivity contribution < 1.29 is 17.9 Å². The number of ether oxygens (including phenoxy) is 1. The minimum Gasteiger partial charge on any atom is -0.484 e. The van der Waals surface area contributed by atoms with Gasteiger partial charge in [0.2, 0.25) is 0 Å². The van der Waals surface area contributed by atoms with Crippen LogP contribution in [-0.2, 0) is 6.54 Å². The second-order valence-corrected chi connectivity index (χ2v) is 4.21. The minimum atomic E-state index is -4.35. The van der Waals surface area contributed by atoms with Gasteiger partial charge >= 0.3 is 6.18 Å². The van der Waals surface area contributed by atoms with Gasteiger partial charge in [-0.2, -0.15) is 18.3 Å². The van der Waals surface area contributed by atoms with E-state index in [-0.39, 0.29) is 5.75 Å². The lowest BCUT2D eigenvalue weighted by Crippen LogP contribution is -2.19. The lowest BCUT2D eigenvalue weighted by molar-refractivity contribution is -0.153. The summed E-state index contributed by atoms with van der Waals surface area (Å²) in [5.41, 5.74) is 6.97. The predicted octanol–water partition coefficient (Wildman–Crippen LogP) is 2.45. The minimum absolute atomic E-state index is 0.173. The van der Waals surface area contributed by atoms with Gasteiger partial charge in [0.25, 0.3) is 0 Å². The lowest BCUT2D eigenvalue weighted by Gasteiger charge is -2.09. The van der Waals surface area contributed by atoms with Crippen LogP contribution in [0.2, 0.25) is 0 Å². The van der Waals surface area contributed by atoms with Gasteiger partial charge in [0, 0.05) is 18.3 Å². The fourth-order valence-electron chi connectivity index (χ4n) is 1.70. The molecule has 0 fully saturated rings. The van der Waals surface area contributed by atoms with Crippen LogP contribution in [0.3, 0.4) is 0 Å². The smallest absolute Gasteiger partial charge is 0.422 e. The molecule has 2 N–H and O–H groups in total. The summed E-state index contributed by atoms with van der Waals surface area (Å²) >= 11 is 0. The molecule has 0 saturated heterocycles. The third kappa shape index (κ3) is 3.99. The summed E-state index contributed by atoms with van der Waals surface area (Å²) in [5.74, 6) is 0.173.